The predicted octanol–water partition coefficient (Wildman–Crippen LogP) is -4.40. The van der Waals surface area contributed by atoms with E-state index in [0.717, 1.165) is 0 Å². The molecule has 0 aliphatic rings. The van der Waals surface area contributed by atoms with E-state index in [1.807, 2.05) is 0 Å². The number of hydrogen-bond acceptors (Lipinski definition) is 0. The van der Waals surface area contributed by atoms with Crippen LogP contribution in [0.25, 0.3) is 0 Å². The van der Waals surface area contributed by atoms with Gasteiger partial charge in [0.25, 0.3) is 0 Å². The molecule has 0 aromatic carbocycles. The Labute approximate surface area is 65.9 Å². The summed E-state index contributed by atoms with van der Waals surface area (Å²) in [6.45, 7) is 7.75. The Balaban J connectivity index is -0.0000000150. The van der Waals surface area contributed by atoms with Crippen LogP contribution in [0.5, 0.6) is 0 Å². The van der Waals surface area contributed by atoms with Gasteiger partial charge in [-0.05, 0) is 0 Å². The Bertz CT molecular complexity index is 14.4. The van der Waals surface area contributed by atoms with Gasteiger partial charge in [0.15, 0.2) is 0 Å². The molecule has 6 heavy (non-hydrogen) atoms. The van der Waals surface area contributed by atoms with Crippen LogP contribution >= 0.6 is 0 Å². The maximum absolute atomic E-state index is 3.64. The van der Waals surface area contributed by atoms with Crippen LogP contribution in [-0.2, 0) is 0 Å². The van der Waals surface area contributed by atoms with Gasteiger partial charge in [-0.15, -0.1) is 0 Å². The van der Waals surface area contributed by atoms with E-state index in [2.05, 4.69) is 20.8 Å². The second-order valence-electron chi connectivity index (χ2n) is 1.39. The third kappa shape index (κ3) is 64.0. The number of rotatable bonds is 0. The third-order valence-corrected chi connectivity index (χ3v) is 0. The molecular formula is C4H10Li2. The summed E-state index contributed by atoms with van der Waals surface area (Å²) >= 11 is 0. The van der Waals surface area contributed by atoms with Gasteiger partial charge in [0.2, 0.25) is 0 Å². The molecule has 0 aromatic heterocycles. The fourth-order valence-electron chi connectivity index (χ4n) is 0. The van der Waals surface area contributed by atoms with Gasteiger partial charge in [0.1, 0.15) is 0 Å². The van der Waals surface area contributed by atoms with Gasteiger partial charge in [0.05, 0.1) is 0 Å². The van der Waals surface area contributed by atoms with Crippen LogP contribution in [0, 0.1) is 12.8 Å². The van der Waals surface area contributed by atoms with E-state index in [-0.39, 0.29) is 39.1 Å². The van der Waals surface area contributed by atoms with Crippen LogP contribution in [-0.4, -0.2) is 0 Å². The quantitative estimate of drug-likeness (QED) is 0.200. The van der Waals surface area contributed by atoms with Crippen molar-refractivity contribution in [3.63, 3.8) is 0 Å². The number of hydrogen-bond donors (Lipinski definition) is 0. The predicted molar refractivity (Wildman–Crippen MR) is 21.3 cm³/mol. The van der Waals surface area contributed by atoms with Gasteiger partial charge in [-0.3, -0.25) is 0 Å². The van der Waals surface area contributed by atoms with Gasteiger partial charge in [0, 0.05) is 0 Å². The Morgan fingerprint density at radius 1 is 1.33 bits per heavy atom. The maximum atomic E-state index is 3.64. The van der Waals surface area contributed by atoms with Crippen molar-refractivity contribution in [2.75, 3.05) is 0 Å². The van der Waals surface area contributed by atoms with Crippen molar-refractivity contribution in [3.8, 4) is 0 Å². The first kappa shape index (κ1) is 15.7. The van der Waals surface area contributed by atoms with Crippen molar-refractivity contribution < 1.29 is 39.1 Å². The average Bonchev–Trinajstić information content (AvgIpc) is 0.811. The molecular weight excluding hydrogens is 61.9 g/mol. The molecule has 0 spiro atoms. The smallest absolute Gasteiger partial charge is 1.00 e. The molecule has 0 unspecified atom stereocenters. The maximum Gasteiger partial charge on any atom is 1.00 e. The zero-order valence-electron chi connectivity index (χ0n) is 6.28. The Kier molecular flexibility index (Phi) is 24.8. The van der Waals surface area contributed by atoms with Crippen LogP contribution in [0.15, 0.2) is 0 Å². The van der Waals surface area contributed by atoms with Crippen LogP contribution < -0.4 is 37.7 Å². The summed E-state index contributed by atoms with van der Waals surface area (Å²) in [4.78, 5) is 0. The summed E-state index contributed by atoms with van der Waals surface area (Å²) in [5, 5.41) is 0. The van der Waals surface area contributed by atoms with Gasteiger partial charge in [-0.25, -0.2) is 0 Å². The molecule has 0 heterocycles. The molecule has 0 aliphatic carbocycles. The second-order valence-corrected chi connectivity index (χ2v) is 1.39. The van der Waals surface area contributed by atoms with Gasteiger partial charge >= 0.3 is 37.7 Å². The van der Waals surface area contributed by atoms with Crippen molar-refractivity contribution in [1.29, 1.82) is 0 Å². The minimum absolute atomic E-state index is 0. The molecule has 0 nitrogen and oxygen atoms in total. The summed E-state index contributed by atoms with van der Waals surface area (Å²) < 4.78 is 0. The van der Waals surface area contributed by atoms with E-state index in [1.54, 1.807) is 0 Å². The van der Waals surface area contributed by atoms with E-state index in [4.69, 9.17) is 0 Å². The van der Waals surface area contributed by atoms with E-state index in [9.17, 15) is 0 Å². The molecule has 0 amide bonds. The first-order chi connectivity index (χ1) is 1.73. The monoisotopic (exact) mass is 72.1 g/mol. The molecule has 0 rings (SSSR count). The van der Waals surface area contributed by atoms with Gasteiger partial charge < -0.3 is 8.35 Å². The standard InChI is InChI=1S/C4H9.2Li.H/c1-4(2)3;;;/h4H,1H2,2-3H3;;;/q-1;2*+1;-1. The summed E-state index contributed by atoms with van der Waals surface area (Å²) in [5.74, 6) is 0.583. The van der Waals surface area contributed by atoms with Gasteiger partial charge in [-0.1, -0.05) is 13.8 Å². The fourth-order valence-corrected chi connectivity index (χ4v) is 0. The van der Waals surface area contributed by atoms with Crippen LogP contribution in [0.4, 0.5) is 0 Å². The Hall–Kier alpha value is 1.19. The van der Waals surface area contributed by atoms with E-state index in [0.29, 0.717) is 5.92 Å². The molecule has 28 valence electrons. The largest absolute Gasteiger partial charge is 1.00 e. The minimum Gasteiger partial charge on any atom is -1.00 e. The summed E-state index contributed by atoms with van der Waals surface area (Å²) in [5.41, 5.74) is 0. The van der Waals surface area contributed by atoms with Crippen molar-refractivity contribution in [2.24, 2.45) is 5.92 Å². The molecule has 0 radical (unpaired) electrons. The first-order valence-corrected chi connectivity index (χ1v) is 1.56. The second kappa shape index (κ2) is 9.50. The van der Waals surface area contributed by atoms with Crippen LogP contribution in [0.1, 0.15) is 15.3 Å². The molecule has 0 saturated heterocycles. The Morgan fingerprint density at radius 2 is 1.33 bits per heavy atom. The van der Waals surface area contributed by atoms with E-state index in [1.165, 1.54) is 0 Å². The summed E-state index contributed by atoms with van der Waals surface area (Å²) in [6.07, 6.45) is 0. The Morgan fingerprint density at radius 3 is 1.33 bits per heavy atom. The molecule has 2 heteroatoms. The molecule has 0 aromatic rings. The first-order valence-electron chi connectivity index (χ1n) is 1.56. The third-order valence-electron chi connectivity index (χ3n) is 0. The zero-order chi connectivity index (χ0) is 3.58. The van der Waals surface area contributed by atoms with E-state index < -0.39 is 0 Å². The average molecular weight is 72.0 g/mol. The topological polar surface area (TPSA) is 0 Å². The fraction of sp³-hybridized carbons (Fsp3) is 0.750. The van der Waals surface area contributed by atoms with E-state index >= 15 is 0 Å². The normalized spacial score (nSPS) is 6.00. The van der Waals surface area contributed by atoms with Crippen molar-refractivity contribution in [2.45, 2.75) is 13.8 Å². The molecule has 0 atom stereocenters. The molecule has 0 bridgehead atoms. The summed E-state index contributed by atoms with van der Waals surface area (Å²) in [6, 6.07) is 0. The van der Waals surface area contributed by atoms with Crippen molar-refractivity contribution in [3.05, 3.63) is 6.92 Å². The zero-order valence-corrected chi connectivity index (χ0v) is 5.28. The molecule has 0 N–H and O–H groups in total. The summed E-state index contributed by atoms with van der Waals surface area (Å²) in [7, 11) is 0. The minimum atomic E-state index is 0. The van der Waals surface area contributed by atoms with Crippen molar-refractivity contribution >= 4 is 0 Å². The van der Waals surface area contributed by atoms with Crippen molar-refractivity contribution in [1.82, 2.24) is 0 Å². The van der Waals surface area contributed by atoms with Crippen LogP contribution in [0.2, 0.25) is 0 Å². The molecule has 0 aliphatic heterocycles. The molecule has 0 saturated carbocycles. The SMILES string of the molecule is [CH2-]C(C)C.[H-].[Li+].[Li+]. The molecule has 0 fully saturated rings. The van der Waals surface area contributed by atoms with Crippen LogP contribution in [0.3, 0.4) is 0 Å². The van der Waals surface area contributed by atoms with Gasteiger partial charge in [-0.2, -0.15) is 5.92 Å².